The maximum absolute atomic E-state index is 2.33. The summed E-state index contributed by atoms with van der Waals surface area (Å²) in [4.78, 5) is 0. The van der Waals surface area contributed by atoms with Crippen molar-refractivity contribution >= 4 is 47.0 Å². The zero-order chi connectivity index (χ0) is 13.1. The Bertz CT molecular complexity index is 854. The molecule has 0 atom stereocenters. The second kappa shape index (κ2) is 3.88. The van der Waals surface area contributed by atoms with Crippen LogP contribution in [0.4, 0.5) is 0 Å². The van der Waals surface area contributed by atoms with Gasteiger partial charge >= 0.3 is 125 Å². The molecule has 5 rings (SSSR count). The van der Waals surface area contributed by atoms with Gasteiger partial charge < -0.3 is 0 Å². The fourth-order valence-electron chi connectivity index (χ4n) is 3.57. The van der Waals surface area contributed by atoms with Gasteiger partial charge in [0.1, 0.15) is 0 Å². The number of hydrogen-bond acceptors (Lipinski definition) is 0. The molecule has 0 aliphatic carbocycles. The molecule has 0 radical (unpaired) electrons. The van der Waals surface area contributed by atoms with E-state index in [9.17, 15) is 0 Å². The summed E-state index contributed by atoms with van der Waals surface area (Å²) in [6.45, 7) is 0.462. The van der Waals surface area contributed by atoms with Crippen LogP contribution in [-0.4, -0.2) is 21.7 Å². The number of hydrogen-bond donors (Lipinski definition) is 0. The second-order valence-corrected chi connectivity index (χ2v) is 7.65. The van der Waals surface area contributed by atoms with E-state index < -0.39 is 0 Å². The molecule has 92 valence electrons. The third-order valence-corrected chi connectivity index (χ3v) is 6.82. The minimum absolute atomic E-state index is 0.445. The van der Waals surface area contributed by atoms with Gasteiger partial charge in [-0.25, -0.2) is 0 Å². The summed E-state index contributed by atoms with van der Waals surface area (Å²) in [6, 6.07) is 24.8. The average molecular weight is 317 g/mol. The van der Waals surface area contributed by atoms with Gasteiger partial charge in [-0.3, -0.25) is 0 Å². The van der Waals surface area contributed by atoms with E-state index in [2.05, 4.69) is 66.7 Å². The molecule has 0 saturated carbocycles. The molecule has 0 bridgehead atoms. The first-order chi connectivity index (χ1) is 9.93. The Labute approximate surface area is 125 Å². The van der Waals surface area contributed by atoms with Crippen LogP contribution >= 0.6 is 0 Å². The van der Waals surface area contributed by atoms with Gasteiger partial charge in [0, 0.05) is 0 Å². The zero-order valence-electron chi connectivity index (χ0n) is 10.8. The van der Waals surface area contributed by atoms with E-state index in [0.29, 0.717) is 21.7 Å². The van der Waals surface area contributed by atoms with Crippen LogP contribution in [0.5, 0.6) is 0 Å². The van der Waals surface area contributed by atoms with Gasteiger partial charge in [-0.15, -0.1) is 0 Å². The van der Waals surface area contributed by atoms with E-state index in [4.69, 9.17) is 0 Å². The third kappa shape index (κ3) is 1.28. The van der Waals surface area contributed by atoms with Crippen molar-refractivity contribution in [3.63, 3.8) is 0 Å². The summed E-state index contributed by atoms with van der Waals surface area (Å²) in [5, 5.41) is 0. The molecular weight excluding hydrogens is 306 g/mol. The van der Waals surface area contributed by atoms with Crippen molar-refractivity contribution in [2.45, 2.75) is 0 Å². The molecule has 3 aromatic carbocycles. The van der Waals surface area contributed by atoms with Crippen LogP contribution in [0.25, 0.3) is 11.1 Å². The third-order valence-electron chi connectivity index (χ3n) is 4.37. The van der Waals surface area contributed by atoms with Crippen LogP contribution < -0.4 is 25.3 Å². The van der Waals surface area contributed by atoms with Crippen molar-refractivity contribution in [2.24, 2.45) is 0 Å². The number of benzene rings is 3. The van der Waals surface area contributed by atoms with Crippen LogP contribution in [0.1, 0.15) is 0 Å². The summed E-state index contributed by atoms with van der Waals surface area (Å²) in [5.41, 5.74) is 7.48. The fourth-order valence-corrected chi connectivity index (χ4v) is 6.03. The molecule has 0 unspecified atom stereocenters. The molecule has 0 amide bonds. The normalized spacial score (nSPS) is 13.7. The van der Waals surface area contributed by atoms with E-state index in [1.807, 2.05) is 0 Å². The monoisotopic (exact) mass is 318 g/mol. The second-order valence-electron chi connectivity index (χ2n) is 5.38. The molecule has 0 spiro atoms. The van der Waals surface area contributed by atoms with Crippen molar-refractivity contribution < 1.29 is 0 Å². The summed E-state index contributed by atoms with van der Waals surface area (Å²) < 4.78 is 3.11. The van der Waals surface area contributed by atoms with Gasteiger partial charge in [0.25, 0.3) is 0 Å². The van der Waals surface area contributed by atoms with Gasteiger partial charge in [0.2, 0.25) is 0 Å². The van der Waals surface area contributed by atoms with E-state index in [1.165, 1.54) is 22.1 Å². The molecule has 0 fully saturated rings. The summed E-state index contributed by atoms with van der Waals surface area (Å²) >= 11 is 0.445. The molecule has 2 heteroatoms. The van der Waals surface area contributed by atoms with Crippen molar-refractivity contribution in [1.82, 2.24) is 0 Å². The van der Waals surface area contributed by atoms with E-state index in [-0.39, 0.29) is 0 Å². The quantitative estimate of drug-likeness (QED) is 0.357. The SMILES string of the molecule is c1ccc2c(c1)[Se]c1cccc3c1B2c1ccccc1-3. The molecule has 2 aliphatic heterocycles. The molecule has 20 heavy (non-hydrogen) atoms. The molecule has 0 nitrogen and oxygen atoms in total. The number of rotatable bonds is 0. The van der Waals surface area contributed by atoms with Crippen molar-refractivity contribution in [3.05, 3.63) is 66.7 Å². The molecular formula is C18H11BSe. The standard InChI is InChI=1S/C18H11BSe/c1-2-8-14-12(6-1)13-7-5-11-17-18(13)19(14)15-9-3-4-10-16(15)20-17/h1-11H. The predicted octanol–water partition coefficient (Wildman–Crippen LogP) is 0.152. The van der Waals surface area contributed by atoms with Gasteiger partial charge in [-0.05, 0) is 0 Å². The number of fused-ring (bicyclic) bond motifs is 5. The zero-order valence-corrected chi connectivity index (χ0v) is 12.5. The van der Waals surface area contributed by atoms with Crippen LogP contribution in [0, 0.1) is 0 Å². The Hall–Kier alpha value is -1.76. The Kier molecular flexibility index (Phi) is 2.13. The van der Waals surface area contributed by atoms with Gasteiger partial charge in [0.15, 0.2) is 0 Å². The Morgan fingerprint density at radius 1 is 0.600 bits per heavy atom. The fraction of sp³-hybridized carbons (Fsp3) is 0. The average Bonchev–Trinajstić information content (AvgIpc) is 2.85. The first-order valence-corrected chi connectivity index (χ1v) is 8.64. The molecule has 2 heterocycles. The summed E-state index contributed by atoms with van der Waals surface area (Å²) in [7, 11) is 0. The molecule has 2 aliphatic rings. The molecule has 0 saturated heterocycles. The van der Waals surface area contributed by atoms with Crippen LogP contribution in [-0.2, 0) is 0 Å². The van der Waals surface area contributed by atoms with Crippen molar-refractivity contribution in [3.8, 4) is 11.1 Å². The predicted molar refractivity (Wildman–Crippen MR) is 88.0 cm³/mol. The first kappa shape index (κ1) is 11.0. The van der Waals surface area contributed by atoms with E-state index in [0.717, 1.165) is 0 Å². The Morgan fingerprint density at radius 3 is 2.25 bits per heavy atom. The van der Waals surface area contributed by atoms with Crippen LogP contribution in [0.3, 0.4) is 0 Å². The molecule has 0 N–H and O–H groups in total. The minimum atomic E-state index is 0.445. The topological polar surface area (TPSA) is 0 Å². The van der Waals surface area contributed by atoms with Crippen LogP contribution in [0.2, 0.25) is 0 Å². The van der Waals surface area contributed by atoms with Gasteiger partial charge in [0.05, 0.1) is 0 Å². The first-order valence-electron chi connectivity index (χ1n) is 6.92. The Balaban J connectivity index is 1.93. The molecule has 3 aromatic rings. The maximum atomic E-state index is 2.33. The van der Waals surface area contributed by atoms with E-state index in [1.54, 1.807) is 14.4 Å². The summed E-state index contributed by atoms with van der Waals surface area (Å²) in [5.74, 6) is 0. The van der Waals surface area contributed by atoms with Crippen molar-refractivity contribution in [2.75, 3.05) is 0 Å². The van der Waals surface area contributed by atoms with Gasteiger partial charge in [-0.1, -0.05) is 0 Å². The van der Waals surface area contributed by atoms with Crippen molar-refractivity contribution in [1.29, 1.82) is 0 Å². The van der Waals surface area contributed by atoms with Crippen LogP contribution in [0.15, 0.2) is 66.7 Å². The Morgan fingerprint density at radius 2 is 1.30 bits per heavy atom. The van der Waals surface area contributed by atoms with Gasteiger partial charge in [-0.2, -0.15) is 0 Å². The summed E-state index contributed by atoms with van der Waals surface area (Å²) in [6.07, 6.45) is 0. The van der Waals surface area contributed by atoms with E-state index >= 15 is 0 Å². The molecule has 0 aromatic heterocycles.